The number of hydrogen-bond donors (Lipinski definition) is 3. The number of nitrogen functional groups attached to an aromatic ring is 1. The molecule has 0 aliphatic heterocycles. The Labute approximate surface area is 173 Å². The van der Waals surface area contributed by atoms with E-state index in [1.54, 1.807) is 6.20 Å². The number of benzene rings is 1. The van der Waals surface area contributed by atoms with Crippen LogP contribution in [0, 0.1) is 6.92 Å². The molecule has 0 fully saturated rings. The van der Waals surface area contributed by atoms with Gasteiger partial charge in [-0.1, -0.05) is 25.5 Å². The predicted octanol–water partition coefficient (Wildman–Crippen LogP) is 3.74. The van der Waals surface area contributed by atoms with Crippen molar-refractivity contribution in [3.63, 3.8) is 0 Å². The molecule has 29 heavy (non-hydrogen) atoms. The summed E-state index contributed by atoms with van der Waals surface area (Å²) in [6.45, 7) is 7.48. The van der Waals surface area contributed by atoms with Crippen molar-refractivity contribution < 1.29 is 14.6 Å². The number of aliphatic hydroxyl groups excluding tert-OH is 1. The van der Waals surface area contributed by atoms with Gasteiger partial charge in [0.25, 0.3) is 0 Å². The van der Waals surface area contributed by atoms with Gasteiger partial charge in [-0.2, -0.15) is 4.98 Å². The lowest BCUT2D eigenvalue weighted by Crippen LogP contribution is -2.22. The number of aryl methyl sites for hydroxylation is 2. The third kappa shape index (κ3) is 7.42. The number of nitrogens with one attached hydrogen (secondary N) is 1. The SMILES string of the molecule is CCC[C@@H](CCO)Nc1nc(N)ncc1OCCCc1ccc(C)c(OCC)c1. The van der Waals surface area contributed by atoms with Gasteiger partial charge in [0.15, 0.2) is 11.6 Å². The van der Waals surface area contributed by atoms with E-state index in [-0.39, 0.29) is 18.6 Å². The van der Waals surface area contributed by atoms with Crippen LogP contribution < -0.4 is 20.5 Å². The monoisotopic (exact) mass is 402 g/mol. The number of ether oxygens (including phenoxy) is 2. The van der Waals surface area contributed by atoms with Crippen molar-refractivity contribution in [3.8, 4) is 11.5 Å². The van der Waals surface area contributed by atoms with Gasteiger partial charge in [0, 0.05) is 12.6 Å². The summed E-state index contributed by atoms with van der Waals surface area (Å²) in [6, 6.07) is 6.43. The topological polar surface area (TPSA) is 103 Å². The Morgan fingerprint density at radius 3 is 2.72 bits per heavy atom. The minimum absolute atomic E-state index is 0.117. The average molecular weight is 403 g/mol. The highest BCUT2D eigenvalue weighted by Gasteiger charge is 2.13. The molecule has 0 aliphatic carbocycles. The predicted molar refractivity (Wildman–Crippen MR) is 117 cm³/mol. The molecule has 1 aromatic carbocycles. The zero-order valence-electron chi connectivity index (χ0n) is 17.8. The van der Waals surface area contributed by atoms with Gasteiger partial charge in [0.1, 0.15) is 5.75 Å². The summed E-state index contributed by atoms with van der Waals surface area (Å²) in [7, 11) is 0. The third-order valence-corrected chi connectivity index (χ3v) is 4.65. The average Bonchev–Trinajstić information content (AvgIpc) is 2.69. The van der Waals surface area contributed by atoms with E-state index < -0.39 is 0 Å². The van der Waals surface area contributed by atoms with Gasteiger partial charge in [0.2, 0.25) is 5.95 Å². The van der Waals surface area contributed by atoms with Gasteiger partial charge in [-0.15, -0.1) is 0 Å². The molecule has 160 valence electrons. The molecule has 0 unspecified atom stereocenters. The van der Waals surface area contributed by atoms with Crippen molar-refractivity contribution in [1.82, 2.24) is 9.97 Å². The normalized spacial score (nSPS) is 11.9. The van der Waals surface area contributed by atoms with Crippen LogP contribution in [-0.4, -0.2) is 40.9 Å². The maximum Gasteiger partial charge on any atom is 0.222 e. The second-order valence-electron chi connectivity index (χ2n) is 7.07. The molecular weight excluding hydrogens is 368 g/mol. The maximum absolute atomic E-state index is 9.28. The standard InChI is InChI=1S/C22H34N4O3/c1-4-7-18(11-12-27)25-21-20(15-24-22(23)26-21)29-13-6-8-17-10-9-16(3)19(14-17)28-5-2/h9-10,14-15,18,27H,4-8,11-13H2,1-3H3,(H3,23,24,25,26)/t18-/m0/s1. The number of aliphatic hydroxyl groups is 1. The molecule has 0 radical (unpaired) electrons. The minimum Gasteiger partial charge on any atom is -0.494 e. The zero-order chi connectivity index (χ0) is 21.1. The second-order valence-corrected chi connectivity index (χ2v) is 7.07. The van der Waals surface area contributed by atoms with Crippen molar-refractivity contribution in [2.24, 2.45) is 0 Å². The third-order valence-electron chi connectivity index (χ3n) is 4.65. The van der Waals surface area contributed by atoms with E-state index in [0.717, 1.165) is 37.0 Å². The first-order valence-electron chi connectivity index (χ1n) is 10.4. The molecule has 0 aliphatic rings. The van der Waals surface area contributed by atoms with Crippen LogP contribution in [0.1, 0.15) is 50.7 Å². The van der Waals surface area contributed by atoms with E-state index in [1.165, 1.54) is 5.56 Å². The molecule has 1 heterocycles. The van der Waals surface area contributed by atoms with Crippen molar-refractivity contribution >= 4 is 11.8 Å². The molecule has 1 aromatic heterocycles. The smallest absolute Gasteiger partial charge is 0.222 e. The number of aromatic nitrogens is 2. The van der Waals surface area contributed by atoms with Crippen LogP contribution in [0.15, 0.2) is 24.4 Å². The molecule has 0 amide bonds. The van der Waals surface area contributed by atoms with Crippen LogP contribution in [0.4, 0.5) is 11.8 Å². The lowest BCUT2D eigenvalue weighted by molar-refractivity contribution is 0.276. The van der Waals surface area contributed by atoms with E-state index in [0.29, 0.717) is 31.2 Å². The molecule has 2 aromatic rings. The van der Waals surface area contributed by atoms with Crippen LogP contribution in [-0.2, 0) is 6.42 Å². The molecule has 0 bridgehead atoms. The molecule has 4 N–H and O–H groups in total. The summed E-state index contributed by atoms with van der Waals surface area (Å²) >= 11 is 0. The molecule has 1 atom stereocenters. The molecule has 2 rings (SSSR count). The first-order valence-corrected chi connectivity index (χ1v) is 10.4. The van der Waals surface area contributed by atoms with E-state index in [9.17, 15) is 5.11 Å². The molecule has 7 heteroatoms. The highest BCUT2D eigenvalue weighted by molar-refractivity contribution is 5.51. The molecule has 7 nitrogen and oxygen atoms in total. The molecule has 0 saturated carbocycles. The van der Waals surface area contributed by atoms with Crippen LogP contribution in [0.5, 0.6) is 11.5 Å². The van der Waals surface area contributed by atoms with Crippen LogP contribution >= 0.6 is 0 Å². The van der Waals surface area contributed by atoms with E-state index in [1.807, 2.05) is 6.92 Å². The summed E-state index contributed by atoms with van der Waals surface area (Å²) in [6.07, 6.45) is 5.93. The van der Waals surface area contributed by atoms with Crippen LogP contribution in [0.2, 0.25) is 0 Å². The van der Waals surface area contributed by atoms with Crippen LogP contribution in [0.25, 0.3) is 0 Å². The van der Waals surface area contributed by atoms with Gasteiger partial charge in [0.05, 0.1) is 19.4 Å². The van der Waals surface area contributed by atoms with Crippen molar-refractivity contribution in [2.75, 3.05) is 30.9 Å². The number of anilines is 2. The number of rotatable bonds is 13. The van der Waals surface area contributed by atoms with Crippen molar-refractivity contribution in [1.29, 1.82) is 0 Å². The number of nitrogens with two attached hydrogens (primary N) is 1. The summed E-state index contributed by atoms with van der Waals surface area (Å²) in [5, 5.41) is 12.6. The Bertz CT molecular complexity index is 749. The van der Waals surface area contributed by atoms with E-state index in [4.69, 9.17) is 15.2 Å². The van der Waals surface area contributed by atoms with Gasteiger partial charge in [-0.3, -0.25) is 0 Å². The van der Waals surface area contributed by atoms with Crippen molar-refractivity contribution in [3.05, 3.63) is 35.5 Å². The van der Waals surface area contributed by atoms with E-state index in [2.05, 4.69) is 47.3 Å². The first kappa shape index (κ1) is 22.7. The Morgan fingerprint density at radius 1 is 1.17 bits per heavy atom. The maximum atomic E-state index is 9.28. The van der Waals surface area contributed by atoms with Crippen molar-refractivity contribution in [2.45, 2.75) is 58.9 Å². The molecular formula is C22H34N4O3. The number of nitrogens with zero attached hydrogens (tertiary/aromatic N) is 2. The van der Waals surface area contributed by atoms with Gasteiger partial charge in [-0.25, -0.2) is 4.98 Å². The first-order chi connectivity index (χ1) is 14.1. The molecule has 0 spiro atoms. The Morgan fingerprint density at radius 2 is 2.00 bits per heavy atom. The fourth-order valence-corrected chi connectivity index (χ4v) is 3.15. The minimum atomic E-state index is 0.117. The van der Waals surface area contributed by atoms with Crippen LogP contribution in [0.3, 0.4) is 0 Å². The highest BCUT2D eigenvalue weighted by Crippen LogP contribution is 2.25. The highest BCUT2D eigenvalue weighted by atomic mass is 16.5. The van der Waals surface area contributed by atoms with Gasteiger partial charge >= 0.3 is 0 Å². The number of hydrogen-bond acceptors (Lipinski definition) is 7. The zero-order valence-corrected chi connectivity index (χ0v) is 17.8. The Balaban J connectivity index is 1.94. The summed E-state index contributed by atoms with van der Waals surface area (Å²) in [5.41, 5.74) is 8.12. The summed E-state index contributed by atoms with van der Waals surface area (Å²) in [4.78, 5) is 8.34. The quantitative estimate of drug-likeness (QED) is 0.439. The second kappa shape index (κ2) is 12.1. The van der Waals surface area contributed by atoms with Gasteiger partial charge in [-0.05, 0) is 56.7 Å². The fourth-order valence-electron chi connectivity index (χ4n) is 3.15. The lowest BCUT2D eigenvalue weighted by Gasteiger charge is -2.20. The van der Waals surface area contributed by atoms with Gasteiger partial charge < -0.3 is 25.6 Å². The fraction of sp³-hybridized carbons (Fsp3) is 0.545. The van der Waals surface area contributed by atoms with E-state index >= 15 is 0 Å². The summed E-state index contributed by atoms with van der Waals surface area (Å²) in [5.74, 6) is 2.30. The Hall–Kier alpha value is -2.54. The lowest BCUT2D eigenvalue weighted by atomic mass is 10.1. The largest absolute Gasteiger partial charge is 0.494 e. The molecule has 0 saturated heterocycles. The Kier molecular flexibility index (Phi) is 9.50. The summed E-state index contributed by atoms with van der Waals surface area (Å²) < 4.78 is 11.6.